The Morgan fingerprint density at radius 1 is 1.45 bits per heavy atom. The van der Waals surface area contributed by atoms with Crippen molar-refractivity contribution in [1.82, 2.24) is 20.1 Å². The highest BCUT2D eigenvalue weighted by molar-refractivity contribution is 5.95. The number of rotatable bonds is 5. The third-order valence-electron chi connectivity index (χ3n) is 3.29. The summed E-state index contributed by atoms with van der Waals surface area (Å²) in [6, 6.07) is 4.32. The predicted octanol–water partition coefficient (Wildman–Crippen LogP) is 1.57. The van der Waals surface area contributed by atoms with Crippen molar-refractivity contribution in [3.63, 3.8) is 0 Å². The standard InChI is InChI=1S/C14H17N5O3/c1-9-4-11(6-12(5-9)19(21)22)14(20)15-7-10(2)13-17-16-8-18(13)3/h4-6,8,10H,7H2,1-3H3,(H,15,20). The quantitative estimate of drug-likeness (QED) is 0.667. The Bertz CT molecular complexity index is 710. The normalized spacial score (nSPS) is 12.0. The monoisotopic (exact) mass is 303 g/mol. The van der Waals surface area contributed by atoms with Crippen molar-refractivity contribution in [2.75, 3.05) is 6.54 Å². The molecule has 0 saturated heterocycles. The lowest BCUT2D eigenvalue weighted by atomic mass is 10.1. The van der Waals surface area contributed by atoms with E-state index in [0.717, 1.165) is 5.82 Å². The van der Waals surface area contributed by atoms with Gasteiger partial charge in [-0.3, -0.25) is 14.9 Å². The summed E-state index contributed by atoms with van der Waals surface area (Å²) in [7, 11) is 1.83. The lowest BCUT2D eigenvalue weighted by Gasteiger charge is -2.12. The molecule has 0 saturated carbocycles. The Labute approximate surface area is 127 Å². The highest BCUT2D eigenvalue weighted by Crippen LogP contribution is 2.17. The van der Waals surface area contributed by atoms with Gasteiger partial charge >= 0.3 is 0 Å². The van der Waals surface area contributed by atoms with E-state index in [1.807, 2.05) is 14.0 Å². The molecular formula is C14H17N5O3. The first-order chi connectivity index (χ1) is 10.4. The molecular weight excluding hydrogens is 286 g/mol. The Kier molecular flexibility index (Phi) is 4.50. The summed E-state index contributed by atoms with van der Waals surface area (Å²) in [5, 5.41) is 21.4. The van der Waals surface area contributed by atoms with Gasteiger partial charge in [0.05, 0.1) is 4.92 Å². The van der Waals surface area contributed by atoms with Gasteiger partial charge in [0.2, 0.25) is 0 Å². The average Bonchev–Trinajstić information content (AvgIpc) is 2.89. The molecule has 0 bridgehead atoms. The number of aromatic nitrogens is 3. The van der Waals surface area contributed by atoms with Crippen LogP contribution in [-0.4, -0.2) is 32.1 Å². The van der Waals surface area contributed by atoms with Crippen LogP contribution in [0.5, 0.6) is 0 Å². The Balaban J connectivity index is 2.06. The summed E-state index contributed by atoms with van der Waals surface area (Å²) in [6.07, 6.45) is 1.59. The van der Waals surface area contributed by atoms with Crippen LogP contribution in [0.2, 0.25) is 0 Å². The molecule has 116 valence electrons. The topological polar surface area (TPSA) is 103 Å². The largest absolute Gasteiger partial charge is 0.351 e. The highest BCUT2D eigenvalue weighted by atomic mass is 16.6. The molecule has 0 aliphatic carbocycles. The van der Waals surface area contributed by atoms with Crippen LogP contribution < -0.4 is 5.32 Å². The molecule has 0 aliphatic rings. The van der Waals surface area contributed by atoms with E-state index < -0.39 is 4.92 Å². The number of nitrogens with one attached hydrogen (secondary N) is 1. The first-order valence-corrected chi connectivity index (χ1v) is 6.76. The van der Waals surface area contributed by atoms with E-state index in [9.17, 15) is 14.9 Å². The maximum absolute atomic E-state index is 12.2. The molecule has 22 heavy (non-hydrogen) atoms. The Morgan fingerprint density at radius 2 is 2.18 bits per heavy atom. The third kappa shape index (κ3) is 3.46. The summed E-state index contributed by atoms with van der Waals surface area (Å²) in [4.78, 5) is 22.5. The smallest absolute Gasteiger partial charge is 0.270 e. The van der Waals surface area contributed by atoms with Gasteiger partial charge < -0.3 is 9.88 Å². The number of hydrogen-bond acceptors (Lipinski definition) is 5. The molecule has 1 atom stereocenters. The second kappa shape index (κ2) is 6.33. The van der Waals surface area contributed by atoms with E-state index in [-0.39, 0.29) is 23.1 Å². The summed E-state index contributed by atoms with van der Waals surface area (Å²) in [5.74, 6) is 0.396. The maximum atomic E-state index is 12.2. The van der Waals surface area contributed by atoms with Gasteiger partial charge in [-0.25, -0.2) is 0 Å². The molecule has 8 heteroatoms. The number of aryl methyl sites for hydroxylation is 2. The Morgan fingerprint density at radius 3 is 2.77 bits per heavy atom. The maximum Gasteiger partial charge on any atom is 0.270 e. The third-order valence-corrected chi connectivity index (χ3v) is 3.29. The zero-order valence-corrected chi connectivity index (χ0v) is 12.6. The fourth-order valence-corrected chi connectivity index (χ4v) is 2.18. The zero-order valence-electron chi connectivity index (χ0n) is 12.6. The van der Waals surface area contributed by atoms with Crippen LogP contribution >= 0.6 is 0 Å². The van der Waals surface area contributed by atoms with Crippen LogP contribution in [0.25, 0.3) is 0 Å². The van der Waals surface area contributed by atoms with Crippen molar-refractivity contribution in [3.05, 3.63) is 51.6 Å². The van der Waals surface area contributed by atoms with Crippen molar-refractivity contribution in [2.24, 2.45) is 7.05 Å². The zero-order chi connectivity index (χ0) is 16.3. The second-order valence-electron chi connectivity index (χ2n) is 5.23. The number of carbonyl (C=O) groups excluding carboxylic acids is 1. The minimum atomic E-state index is -0.508. The first-order valence-electron chi connectivity index (χ1n) is 6.76. The molecule has 1 N–H and O–H groups in total. The highest BCUT2D eigenvalue weighted by Gasteiger charge is 2.16. The van der Waals surface area contributed by atoms with Crippen molar-refractivity contribution in [3.8, 4) is 0 Å². The number of amides is 1. The van der Waals surface area contributed by atoms with Crippen LogP contribution in [0.1, 0.15) is 34.6 Å². The van der Waals surface area contributed by atoms with Gasteiger partial charge in [0.25, 0.3) is 11.6 Å². The number of hydrogen-bond donors (Lipinski definition) is 1. The van der Waals surface area contributed by atoms with E-state index in [4.69, 9.17) is 0 Å². The lowest BCUT2D eigenvalue weighted by Crippen LogP contribution is -2.28. The molecule has 1 aromatic heterocycles. The number of nitro groups is 1. The van der Waals surface area contributed by atoms with Gasteiger partial charge in [-0.2, -0.15) is 0 Å². The molecule has 1 aromatic carbocycles. The summed E-state index contributed by atoms with van der Waals surface area (Å²) in [6.45, 7) is 4.00. The van der Waals surface area contributed by atoms with Crippen LogP contribution in [0.3, 0.4) is 0 Å². The van der Waals surface area contributed by atoms with Crippen LogP contribution in [-0.2, 0) is 7.05 Å². The van der Waals surface area contributed by atoms with E-state index in [0.29, 0.717) is 12.1 Å². The minimum absolute atomic E-state index is 0.0174. The van der Waals surface area contributed by atoms with Gasteiger partial charge in [-0.05, 0) is 18.6 Å². The van der Waals surface area contributed by atoms with Gasteiger partial charge in [0.1, 0.15) is 12.2 Å². The Hall–Kier alpha value is -2.77. The van der Waals surface area contributed by atoms with Crippen LogP contribution in [0.15, 0.2) is 24.5 Å². The summed E-state index contributed by atoms with van der Waals surface area (Å²) >= 11 is 0. The number of nitrogens with zero attached hydrogens (tertiary/aromatic N) is 4. The van der Waals surface area contributed by atoms with E-state index >= 15 is 0 Å². The fourth-order valence-electron chi connectivity index (χ4n) is 2.18. The fraction of sp³-hybridized carbons (Fsp3) is 0.357. The lowest BCUT2D eigenvalue weighted by molar-refractivity contribution is -0.384. The van der Waals surface area contributed by atoms with Gasteiger partial charge in [-0.1, -0.05) is 6.92 Å². The molecule has 2 aromatic rings. The molecule has 1 unspecified atom stereocenters. The number of non-ortho nitro benzene ring substituents is 1. The van der Waals surface area contributed by atoms with Gasteiger partial charge in [-0.15, -0.1) is 10.2 Å². The molecule has 1 amide bonds. The predicted molar refractivity (Wildman–Crippen MR) is 79.6 cm³/mol. The summed E-state index contributed by atoms with van der Waals surface area (Å²) in [5.41, 5.74) is 0.851. The average molecular weight is 303 g/mol. The van der Waals surface area contributed by atoms with Gasteiger partial charge in [0.15, 0.2) is 0 Å². The SMILES string of the molecule is Cc1cc(C(=O)NCC(C)c2nncn2C)cc([N+](=O)[O-])c1. The summed E-state index contributed by atoms with van der Waals surface area (Å²) < 4.78 is 1.79. The molecule has 0 radical (unpaired) electrons. The van der Waals surface area contributed by atoms with Crippen molar-refractivity contribution < 1.29 is 9.72 Å². The molecule has 8 nitrogen and oxygen atoms in total. The second-order valence-corrected chi connectivity index (χ2v) is 5.23. The molecule has 0 spiro atoms. The molecule has 0 fully saturated rings. The van der Waals surface area contributed by atoms with E-state index in [1.54, 1.807) is 23.9 Å². The number of benzene rings is 1. The van der Waals surface area contributed by atoms with Crippen molar-refractivity contribution in [1.29, 1.82) is 0 Å². The van der Waals surface area contributed by atoms with E-state index in [2.05, 4.69) is 15.5 Å². The first kappa shape index (κ1) is 15.6. The number of carbonyl (C=O) groups is 1. The minimum Gasteiger partial charge on any atom is -0.351 e. The van der Waals surface area contributed by atoms with Crippen LogP contribution in [0.4, 0.5) is 5.69 Å². The molecule has 0 aliphatic heterocycles. The van der Waals surface area contributed by atoms with E-state index in [1.165, 1.54) is 12.1 Å². The van der Waals surface area contributed by atoms with Crippen LogP contribution in [0, 0.1) is 17.0 Å². The van der Waals surface area contributed by atoms with Crippen molar-refractivity contribution in [2.45, 2.75) is 19.8 Å². The number of nitro benzene ring substituents is 1. The molecule has 1 heterocycles. The van der Waals surface area contributed by atoms with Crippen molar-refractivity contribution >= 4 is 11.6 Å². The van der Waals surface area contributed by atoms with Gasteiger partial charge in [0, 0.05) is 37.2 Å². The molecule has 2 rings (SSSR count).